The van der Waals surface area contributed by atoms with E-state index in [2.05, 4.69) is 4.90 Å². The number of rotatable bonds is 5. The topological polar surface area (TPSA) is 63.7 Å². The molecular formula is C14H25NO4S. The van der Waals surface area contributed by atoms with E-state index in [0.29, 0.717) is 23.5 Å². The zero-order chi connectivity index (χ0) is 14.8. The molecule has 5 nitrogen and oxygen atoms in total. The van der Waals surface area contributed by atoms with Gasteiger partial charge in [-0.25, -0.2) is 8.42 Å². The summed E-state index contributed by atoms with van der Waals surface area (Å²) in [7, 11) is -1.39. The molecule has 0 radical (unpaired) electrons. The summed E-state index contributed by atoms with van der Waals surface area (Å²) < 4.78 is 27.8. The van der Waals surface area contributed by atoms with Gasteiger partial charge in [0, 0.05) is 12.6 Å². The minimum Gasteiger partial charge on any atom is -0.468 e. The maximum atomic E-state index is 11.8. The first-order valence-corrected chi connectivity index (χ1v) is 9.29. The first kappa shape index (κ1) is 15.8. The van der Waals surface area contributed by atoms with E-state index in [0.717, 1.165) is 32.2 Å². The van der Waals surface area contributed by atoms with Gasteiger partial charge in [0.1, 0.15) is 15.9 Å². The maximum absolute atomic E-state index is 11.8. The minimum absolute atomic E-state index is 0.194. The lowest BCUT2D eigenvalue weighted by atomic mass is 9.88. The van der Waals surface area contributed by atoms with Crippen LogP contribution in [-0.4, -0.2) is 56.5 Å². The Hall–Kier alpha value is -0.620. The molecule has 20 heavy (non-hydrogen) atoms. The van der Waals surface area contributed by atoms with Crippen molar-refractivity contribution in [3.63, 3.8) is 0 Å². The largest absolute Gasteiger partial charge is 0.468 e. The molecule has 1 atom stereocenters. The van der Waals surface area contributed by atoms with Gasteiger partial charge in [-0.1, -0.05) is 6.42 Å². The van der Waals surface area contributed by atoms with E-state index in [9.17, 15) is 13.2 Å². The van der Waals surface area contributed by atoms with Gasteiger partial charge in [-0.05, 0) is 38.5 Å². The third kappa shape index (κ3) is 3.73. The minimum atomic E-state index is -2.81. The van der Waals surface area contributed by atoms with E-state index in [1.54, 1.807) is 0 Å². The summed E-state index contributed by atoms with van der Waals surface area (Å²) in [6.45, 7) is 2.71. The average molecular weight is 303 g/mol. The Morgan fingerprint density at radius 1 is 1.25 bits per heavy atom. The number of hydrogen-bond donors (Lipinski definition) is 0. The Morgan fingerprint density at radius 3 is 2.30 bits per heavy atom. The number of ether oxygens (including phenoxy) is 1. The summed E-state index contributed by atoms with van der Waals surface area (Å²) in [5.41, 5.74) is 0. The van der Waals surface area contributed by atoms with Gasteiger partial charge in [-0.15, -0.1) is 0 Å². The molecule has 2 rings (SSSR count). The third-order valence-corrected chi connectivity index (χ3v) is 6.44. The van der Waals surface area contributed by atoms with Crippen molar-refractivity contribution in [3.8, 4) is 0 Å². The lowest BCUT2D eigenvalue weighted by Crippen LogP contribution is -2.51. The van der Waals surface area contributed by atoms with Gasteiger partial charge in [0.05, 0.1) is 18.6 Å². The summed E-state index contributed by atoms with van der Waals surface area (Å²) in [6, 6.07) is 0.228. The van der Waals surface area contributed by atoms with Gasteiger partial charge < -0.3 is 4.74 Å². The molecule has 1 saturated heterocycles. The second kappa shape index (κ2) is 6.43. The number of hydrogen-bond acceptors (Lipinski definition) is 5. The van der Waals surface area contributed by atoms with Crippen LogP contribution in [0.15, 0.2) is 0 Å². The molecule has 0 aromatic rings. The zero-order valence-corrected chi connectivity index (χ0v) is 13.2. The highest BCUT2D eigenvalue weighted by molar-refractivity contribution is 7.91. The highest BCUT2D eigenvalue weighted by Gasteiger charge is 2.35. The number of sulfone groups is 1. The van der Waals surface area contributed by atoms with Crippen LogP contribution >= 0.6 is 0 Å². The molecule has 1 unspecified atom stereocenters. The number of methoxy groups -OCH3 is 1. The normalized spacial score (nSPS) is 25.1. The Labute approximate surface area is 121 Å². The van der Waals surface area contributed by atoms with E-state index in [4.69, 9.17) is 4.74 Å². The smallest absolute Gasteiger partial charge is 0.322 e. The predicted octanol–water partition coefficient (Wildman–Crippen LogP) is 1.23. The lowest BCUT2D eigenvalue weighted by Gasteiger charge is -2.42. The Morgan fingerprint density at radius 2 is 1.85 bits per heavy atom. The van der Waals surface area contributed by atoms with Crippen LogP contribution in [0.1, 0.15) is 39.0 Å². The molecule has 2 fully saturated rings. The van der Waals surface area contributed by atoms with E-state index in [1.807, 2.05) is 6.92 Å². The molecule has 2 aliphatic rings. The molecule has 0 aromatic carbocycles. The van der Waals surface area contributed by atoms with Crippen LogP contribution in [0, 0.1) is 5.92 Å². The molecule has 0 bridgehead atoms. The standard InChI is InChI=1S/C14H25NO4S/c1-11(14(16)19-2)15(13-4-3-5-13)10-12-6-8-20(17,18)9-7-12/h11-13H,3-10H2,1-2H3. The molecule has 0 amide bonds. The van der Waals surface area contributed by atoms with Crippen molar-refractivity contribution < 1.29 is 17.9 Å². The van der Waals surface area contributed by atoms with E-state index in [-0.39, 0.29) is 12.0 Å². The van der Waals surface area contributed by atoms with Crippen molar-refractivity contribution in [3.05, 3.63) is 0 Å². The fraction of sp³-hybridized carbons (Fsp3) is 0.929. The van der Waals surface area contributed by atoms with Gasteiger partial charge in [-0.2, -0.15) is 0 Å². The SMILES string of the molecule is COC(=O)C(C)N(CC1CCS(=O)(=O)CC1)C1CCC1. The van der Waals surface area contributed by atoms with Crippen LogP contribution < -0.4 is 0 Å². The van der Waals surface area contributed by atoms with E-state index < -0.39 is 9.84 Å². The fourth-order valence-electron chi connectivity index (χ4n) is 3.07. The van der Waals surface area contributed by atoms with Crippen LogP contribution in [-0.2, 0) is 19.4 Å². The molecule has 0 spiro atoms. The second-order valence-electron chi connectivity index (χ2n) is 6.08. The zero-order valence-electron chi connectivity index (χ0n) is 12.4. The number of nitrogens with zero attached hydrogens (tertiary/aromatic N) is 1. The van der Waals surface area contributed by atoms with E-state index >= 15 is 0 Å². The van der Waals surface area contributed by atoms with Crippen molar-refractivity contribution in [2.45, 2.75) is 51.1 Å². The van der Waals surface area contributed by atoms with Gasteiger partial charge in [0.25, 0.3) is 0 Å². The number of carbonyl (C=O) groups is 1. The van der Waals surface area contributed by atoms with Crippen molar-refractivity contribution in [2.24, 2.45) is 5.92 Å². The molecule has 1 aliphatic carbocycles. The first-order chi connectivity index (χ1) is 9.43. The van der Waals surface area contributed by atoms with Crippen molar-refractivity contribution in [1.29, 1.82) is 0 Å². The molecule has 1 aliphatic heterocycles. The molecule has 0 aromatic heterocycles. The van der Waals surface area contributed by atoms with Gasteiger partial charge in [-0.3, -0.25) is 9.69 Å². The second-order valence-corrected chi connectivity index (χ2v) is 8.38. The van der Waals surface area contributed by atoms with Crippen molar-refractivity contribution in [1.82, 2.24) is 4.90 Å². The van der Waals surface area contributed by atoms with Gasteiger partial charge >= 0.3 is 5.97 Å². The summed E-state index contributed by atoms with van der Waals surface area (Å²) in [5, 5.41) is 0. The molecular weight excluding hydrogens is 278 g/mol. The fourth-order valence-corrected chi connectivity index (χ4v) is 4.66. The van der Waals surface area contributed by atoms with E-state index in [1.165, 1.54) is 13.5 Å². The first-order valence-electron chi connectivity index (χ1n) is 7.47. The Kier molecular flexibility index (Phi) is 5.07. The Balaban J connectivity index is 1.96. The predicted molar refractivity (Wildman–Crippen MR) is 77.2 cm³/mol. The summed E-state index contributed by atoms with van der Waals surface area (Å²) in [6.07, 6.45) is 4.92. The molecule has 6 heteroatoms. The quantitative estimate of drug-likeness (QED) is 0.715. The lowest BCUT2D eigenvalue weighted by molar-refractivity contribution is -0.148. The van der Waals surface area contributed by atoms with Gasteiger partial charge in [0.2, 0.25) is 0 Å². The highest BCUT2D eigenvalue weighted by atomic mass is 32.2. The third-order valence-electron chi connectivity index (χ3n) is 4.73. The van der Waals surface area contributed by atoms with Crippen molar-refractivity contribution >= 4 is 15.8 Å². The highest BCUT2D eigenvalue weighted by Crippen LogP contribution is 2.30. The summed E-state index contributed by atoms with van der Waals surface area (Å²) in [5.74, 6) is 0.775. The molecule has 0 N–H and O–H groups in total. The van der Waals surface area contributed by atoms with Crippen LogP contribution in [0.4, 0.5) is 0 Å². The van der Waals surface area contributed by atoms with Crippen LogP contribution in [0.3, 0.4) is 0 Å². The number of esters is 1. The van der Waals surface area contributed by atoms with Gasteiger partial charge in [0.15, 0.2) is 0 Å². The molecule has 1 saturated carbocycles. The monoisotopic (exact) mass is 303 g/mol. The average Bonchev–Trinajstić information content (AvgIpc) is 2.36. The molecule has 116 valence electrons. The van der Waals surface area contributed by atoms with Crippen LogP contribution in [0.2, 0.25) is 0 Å². The summed E-state index contributed by atoms with van der Waals surface area (Å²) >= 11 is 0. The maximum Gasteiger partial charge on any atom is 0.322 e. The molecule has 1 heterocycles. The van der Waals surface area contributed by atoms with Crippen LogP contribution in [0.5, 0.6) is 0 Å². The summed E-state index contributed by atoms with van der Waals surface area (Å²) in [4.78, 5) is 14.0. The van der Waals surface area contributed by atoms with Crippen LogP contribution in [0.25, 0.3) is 0 Å². The number of carbonyl (C=O) groups excluding carboxylic acids is 1. The Bertz CT molecular complexity index is 430. The van der Waals surface area contributed by atoms with Crippen molar-refractivity contribution in [2.75, 3.05) is 25.2 Å².